The standard InChI is InChI=1S/C18H22N4O3/c23-22(24)16-12-19-21(13-16)15-4-6-17(7-5-15)25-18-8-10-20(11-9-18)14-2-1-3-14/h4-7,12-14,18H,1-3,8-11H2. The molecule has 1 aliphatic heterocycles. The van der Waals surface area contributed by atoms with E-state index in [1.807, 2.05) is 24.3 Å². The fraction of sp³-hybridized carbons (Fsp3) is 0.500. The van der Waals surface area contributed by atoms with Crippen LogP contribution in [0.25, 0.3) is 5.69 Å². The lowest BCUT2D eigenvalue weighted by Gasteiger charge is -2.41. The summed E-state index contributed by atoms with van der Waals surface area (Å²) in [5, 5.41) is 14.8. The minimum atomic E-state index is -0.447. The van der Waals surface area contributed by atoms with Crippen molar-refractivity contribution < 1.29 is 9.66 Å². The fourth-order valence-corrected chi connectivity index (χ4v) is 3.53. The first-order valence-electron chi connectivity index (χ1n) is 8.89. The summed E-state index contributed by atoms with van der Waals surface area (Å²) in [6.07, 6.45) is 9.18. The molecule has 2 heterocycles. The summed E-state index contributed by atoms with van der Waals surface area (Å²) in [5.74, 6) is 0.840. The van der Waals surface area contributed by atoms with E-state index in [9.17, 15) is 10.1 Å². The van der Waals surface area contributed by atoms with Gasteiger partial charge < -0.3 is 9.64 Å². The Morgan fingerprint density at radius 2 is 1.84 bits per heavy atom. The SMILES string of the molecule is O=[N+]([O-])c1cnn(-c2ccc(OC3CCN(C4CCC4)CC3)cc2)c1. The van der Waals surface area contributed by atoms with Crippen LogP contribution in [0.2, 0.25) is 0 Å². The van der Waals surface area contributed by atoms with E-state index in [0.29, 0.717) is 0 Å². The molecule has 1 saturated carbocycles. The number of nitrogens with zero attached hydrogens (tertiary/aromatic N) is 4. The molecular formula is C18H22N4O3. The van der Waals surface area contributed by atoms with Crippen LogP contribution in [0.3, 0.4) is 0 Å². The fourth-order valence-electron chi connectivity index (χ4n) is 3.53. The molecule has 1 aliphatic carbocycles. The van der Waals surface area contributed by atoms with Crippen molar-refractivity contribution in [1.29, 1.82) is 0 Å². The van der Waals surface area contributed by atoms with Gasteiger partial charge in [-0.05, 0) is 49.9 Å². The predicted molar refractivity (Wildman–Crippen MR) is 93.1 cm³/mol. The van der Waals surface area contributed by atoms with Crippen LogP contribution in [0.4, 0.5) is 5.69 Å². The zero-order valence-electron chi connectivity index (χ0n) is 14.1. The topological polar surface area (TPSA) is 73.4 Å². The van der Waals surface area contributed by atoms with Crippen LogP contribution in [0.5, 0.6) is 5.75 Å². The van der Waals surface area contributed by atoms with Crippen LogP contribution < -0.4 is 4.74 Å². The highest BCUT2D eigenvalue weighted by molar-refractivity contribution is 5.38. The molecule has 1 aromatic heterocycles. The van der Waals surface area contributed by atoms with Crippen molar-refractivity contribution in [2.75, 3.05) is 13.1 Å². The number of benzene rings is 1. The van der Waals surface area contributed by atoms with Crippen molar-refractivity contribution in [2.45, 2.75) is 44.2 Å². The molecule has 132 valence electrons. The summed E-state index contributed by atoms with van der Waals surface area (Å²) in [6.45, 7) is 2.26. The summed E-state index contributed by atoms with van der Waals surface area (Å²) in [7, 11) is 0. The Bertz CT molecular complexity index is 731. The molecule has 2 aromatic rings. The maximum absolute atomic E-state index is 10.7. The van der Waals surface area contributed by atoms with Crippen molar-refractivity contribution in [2.24, 2.45) is 0 Å². The Labute approximate surface area is 146 Å². The van der Waals surface area contributed by atoms with Gasteiger partial charge in [-0.1, -0.05) is 6.42 Å². The average Bonchev–Trinajstić information content (AvgIpc) is 3.06. The van der Waals surface area contributed by atoms with Gasteiger partial charge in [-0.2, -0.15) is 5.10 Å². The van der Waals surface area contributed by atoms with Crippen LogP contribution in [0, 0.1) is 10.1 Å². The highest BCUT2D eigenvalue weighted by Gasteiger charge is 2.29. The number of aromatic nitrogens is 2. The monoisotopic (exact) mass is 342 g/mol. The number of piperidine rings is 1. The number of rotatable bonds is 5. The van der Waals surface area contributed by atoms with E-state index in [-0.39, 0.29) is 11.8 Å². The summed E-state index contributed by atoms with van der Waals surface area (Å²) >= 11 is 0. The first-order valence-corrected chi connectivity index (χ1v) is 8.89. The average molecular weight is 342 g/mol. The highest BCUT2D eigenvalue weighted by atomic mass is 16.6. The van der Waals surface area contributed by atoms with Crippen LogP contribution in [0.1, 0.15) is 32.1 Å². The van der Waals surface area contributed by atoms with E-state index in [1.54, 1.807) is 0 Å². The molecule has 25 heavy (non-hydrogen) atoms. The van der Waals surface area contributed by atoms with Gasteiger partial charge in [0.1, 0.15) is 24.2 Å². The van der Waals surface area contributed by atoms with Crippen molar-refractivity contribution in [3.05, 3.63) is 46.8 Å². The normalized spacial score (nSPS) is 19.5. The second kappa shape index (κ2) is 6.84. The maximum Gasteiger partial charge on any atom is 0.307 e. The molecule has 1 aromatic carbocycles. The van der Waals surface area contributed by atoms with Crippen LogP contribution in [-0.4, -0.2) is 44.8 Å². The Kier molecular flexibility index (Phi) is 4.40. The molecule has 2 aliphatic rings. The van der Waals surface area contributed by atoms with Gasteiger partial charge in [0.15, 0.2) is 0 Å². The molecule has 0 atom stereocenters. The zero-order valence-corrected chi connectivity index (χ0v) is 14.1. The largest absolute Gasteiger partial charge is 0.490 e. The van der Waals surface area contributed by atoms with Gasteiger partial charge in [0.2, 0.25) is 0 Å². The van der Waals surface area contributed by atoms with Gasteiger partial charge in [-0.15, -0.1) is 0 Å². The second-order valence-electron chi connectivity index (χ2n) is 6.83. The summed E-state index contributed by atoms with van der Waals surface area (Å²) < 4.78 is 7.60. The van der Waals surface area contributed by atoms with Gasteiger partial charge in [0.05, 0.1) is 10.6 Å². The Hall–Kier alpha value is -2.41. The van der Waals surface area contributed by atoms with Crippen molar-refractivity contribution in [3.8, 4) is 11.4 Å². The number of nitro groups is 1. The quantitative estimate of drug-likeness (QED) is 0.616. The Morgan fingerprint density at radius 3 is 2.40 bits per heavy atom. The molecule has 4 rings (SSSR count). The summed E-state index contributed by atoms with van der Waals surface area (Å²) in [4.78, 5) is 12.9. The first-order chi connectivity index (χ1) is 12.2. The molecule has 0 radical (unpaired) electrons. The molecule has 7 heteroatoms. The minimum Gasteiger partial charge on any atom is -0.490 e. The molecule has 0 bridgehead atoms. The molecule has 0 amide bonds. The third kappa shape index (κ3) is 3.51. The third-order valence-corrected chi connectivity index (χ3v) is 5.25. The Balaban J connectivity index is 1.33. The van der Waals surface area contributed by atoms with Crippen LogP contribution in [0.15, 0.2) is 36.7 Å². The van der Waals surface area contributed by atoms with Gasteiger partial charge in [-0.25, -0.2) is 4.68 Å². The van der Waals surface area contributed by atoms with Crippen molar-refractivity contribution in [1.82, 2.24) is 14.7 Å². The zero-order chi connectivity index (χ0) is 17.2. The molecule has 1 saturated heterocycles. The summed E-state index contributed by atoms with van der Waals surface area (Å²) in [5.41, 5.74) is 0.763. The molecule has 0 unspecified atom stereocenters. The lowest BCUT2D eigenvalue weighted by atomic mass is 9.90. The first kappa shape index (κ1) is 16.1. The molecule has 7 nitrogen and oxygen atoms in total. The molecular weight excluding hydrogens is 320 g/mol. The summed E-state index contributed by atoms with van der Waals surface area (Å²) in [6, 6.07) is 8.37. The Morgan fingerprint density at radius 1 is 1.12 bits per heavy atom. The second-order valence-corrected chi connectivity index (χ2v) is 6.83. The lowest BCUT2D eigenvalue weighted by molar-refractivity contribution is -0.384. The number of hydrogen-bond acceptors (Lipinski definition) is 5. The third-order valence-electron chi connectivity index (χ3n) is 5.25. The molecule has 2 fully saturated rings. The number of ether oxygens (including phenoxy) is 1. The van der Waals surface area contributed by atoms with Crippen LogP contribution in [-0.2, 0) is 0 Å². The van der Waals surface area contributed by atoms with E-state index < -0.39 is 4.92 Å². The highest BCUT2D eigenvalue weighted by Crippen LogP contribution is 2.28. The predicted octanol–water partition coefficient (Wildman–Crippen LogP) is 3.18. The number of likely N-dealkylation sites (tertiary alicyclic amines) is 1. The molecule has 0 spiro atoms. The smallest absolute Gasteiger partial charge is 0.307 e. The van der Waals surface area contributed by atoms with Gasteiger partial charge in [0, 0.05) is 19.1 Å². The van der Waals surface area contributed by atoms with E-state index in [2.05, 4.69) is 10.00 Å². The van der Waals surface area contributed by atoms with E-state index in [0.717, 1.165) is 43.4 Å². The van der Waals surface area contributed by atoms with Crippen LogP contribution >= 0.6 is 0 Å². The van der Waals surface area contributed by atoms with Gasteiger partial charge in [0.25, 0.3) is 0 Å². The lowest BCUT2D eigenvalue weighted by Crippen LogP contribution is -2.46. The number of hydrogen-bond donors (Lipinski definition) is 0. The van der Waals surface area contributed by atoms with Crippen molar-refractivity contribution in [3.63, 3.8) is 0 Å². The van der Waals surface area contributed by atoms with E-state index >= 15 is 0 Å². The maximum atomic E-state index is 10.7. The molecule has 0 N–H and O–H groups in total. The van der Waals surface area contributed by atoms with E-state index in [1.165, 1.54) is 36.3 Å². The van der Waals surface area contributed by atoms with Gasteiger partial charge >= 0.3 is 5.69 Å². The minimum absolute atomic E-state index is 0.0152. The van der Waals surface area contributed by atoms with E-state index in [4.69, 9.17) is 4.74 Å². The van der Waals surface area contributed by atoms with Crippen molar-refractivity contribution >= 4 is 5.69 Å². The van der Waals surface area contributed by atoms with Gasteiger partial charge in [-0.3, -0.25) is 10.1 Å².